The van der Waals surface area contributed by atoms with Crippen molar-refractivity contribution in [1.29, 1.82) is 0 Å². The topological polar surface area (TPSA) is 62.0 Å². The second kappa shape index (κ2) is 12.3. The van der Waals surface area contributed by atoms with Crippen LogP contribution in [0.1, 0.15) is 29.2 Å². The molecule has 218 valence electrons. The van der Waals surface area contributed by atoms with E-state index in [0.29, 0.717) is 42.8 Å². The number of pyridine rings is 1. The number of nitrogens with zero attached hydrogens (tertiary/aromatic N) is 4. The number of hydrogen-bond donors (Lipinski definition) is 1. The average Bonchev–Trinajstić information content (AvgIpc) is 3.43. The molecule has 0 aliphatic carbocycles. The number of fused-ring (bicyclic) bond motifs is 1. The second-order valence-corrected chi connectivity index (χ2v) is 10.3. The van der Waals surface area contributed by atoms with Crippen LogP contribution in [0.5, 0.6) is 0 Å². The Morgan fingerprint density at radius 3 is 2.45 bits per heavy atom. The van der Waals surface area contributed by atoms with Crippen LogP contribution < -0.4 is 15.6 Å². The minimum atomic E-state index is -4.45. The molecule has 0 amide bonds. The highest BCUT2D eigenvalue weighted by molar-refractivity contribution is 6.12. The highest BCUT2D eigenvalue weighted by atomic mass is 19.4. The van der Waals surface area contributed by atoms with Crippen molar-refractivity contribution in [3.63, 3.8) is 0 Å². The molecule has 0 saturated heterocycles. The quantitative estimate of drug-likeness (QED) is 0.194. The number of hydrogen-bond acceptors (Lipinski definition) is 5. The van der Waals surface area contributed by atoms with E-state index in [2.05, 4.69) is 15.3 Å². The summed E-state index contributed by atoms with van der Waals surface area (Å²) >= 11 is 0. The molecule has 5 rings (SSSR count). The first-order valence-corrected chi connectivity index (χ1v) is 13.7. The summed E-state index contributed by atoms with van der Waals surface area (Å²) in [6.07, 6.45) is -2.25. The van der Waals surface area contributed by atoms with E-state index >= 15 is 4.39 Å². The SMILES string of the molecule is CCNCCN(C)c1cc2c(cc1F)c(=O)c(C1=NCC(Cc3ccccc3)=N1)cn2Cc1ccc(C(F)(F)F)cc1. The Morgan fingerprint density at radius 2 is 1.76 bits per heavy atom. The Bertz CT molecular complexity index is 1690. The van der Waals surface area contributed by atoms with E-state index in [1.807, 2.05) is 37.3 Å². The summed E-state index contributed by atoms with van der Waals surface area (Å²) in [4.78, 5) is 24.6. The zero-order chi connectivity index (χ0) is 29.9. The number of aliphatic imine (C=N–C) groups is 2. The van der Waals surface area contributed by atoms with Gasteiger partial charge in [-0.05, 0) is 41.9 Å². The van der Waals surface area contributed by atoms with Crippen LogP contribution in [-0.4, -0.2) is 49.3 Å². The third-order valence-electron chi connectivity index (χ3n) is 7.24. The summed E-state index contributed by atoms with van der Waals surface area (Å²) in [5.41, 5.74) is 2.30. The largest absolute Gasteiger partial charge is 0.416 e. The van der Waals surface area contributed by atoms with E-state index in [1.165, 1.54) is 18.2 Å². The molecule has 0 saturated carbocycles. The number of halogens is 4. The van der Waals surface area contributed by atoms with Crippen molar-refractivity contribution in [3.05, 3.63) is 111 Å². The minimum Gasteiger partial charge on any atom is -0.371 e. The molecule has 3 aromatic carbocycles. The van der Waals surface area contributed by atoms with Gasteiger partial charge in [0.1, 0.15) is 5.82 Å². The Kier molecular flexibility index (Phi) is 8.54. The molecule has 1 aromatic heterocycles. The van der Waals surface area contributed by atoms with Crippen LogP contribution in [0.15, 0.2) is 87.7 Å². The minimum absolute atomic E-state index is 0.148. The van der Waals surface area contributed by atoms with Gasteiger partial charge in [0.15, 0.2) is 5.84 Å². The lowest BCUT2D eigenvalue weighted by Crippen LogP contribution is -2.29. The van der Waals surface area contributed by atoms with E-state index in [1.54, 1.807) is 28.8 Å². The summed E-state index contributed by atoms with van der Waals surface area (Å²) in [5, 5.41) is 3.35. The Hall–Kier alpha value is -4.31. The van der Waals surface area contributed by atoms with Crippen LogP contribution in [0.25, 0.3) is 10.9 Å². The van der Waals surface area contributed by atoms with Crippen molar-refractivity contribution >= 4 is 28.1 Å². The molecule has 0 bridgehead atoms. The molecule has 10 heteroatoms. The number of anilines is 1. The molecule has 0 atom stereocenters. The van der Waals surface area contributed by atoms with Gasteiger partial charge in [-0.15, -0.1) is 0 Å². The first-order chi connectivity index (χ1) is 20.1. The molecular formula is C32H31F4N5O. The first kappa shape index (κ1) is 29.2. The van der Waals surface area contributed by atoms with Crippen LogP contribution in [0.4, 0.5) is 23.2 Å². The summed E-state index contributed by atoms with van der Waals surface area (Å²) < 4.78 is 56.6. The molecule has 0 spiro atoms. The maximum absolute atomic E-state index is 15.4. The van der Waals surface area contributed by atoms with Crippen molar-refractivity contribution < 1.29 is 17.6 Å². The van der Waals surface area contributed by atoms with Crippen LogP contribution in [0.2, 0.25) is 0 Å². The lowest BCUT2D eigenvalue weighted by atomic mass is 10.1. The van der Waals surface area contributed by atoms with Gasteiger partial charge in [-0.3, -0.25) is 9.79 Å². The molecule has 4 aromatic rings. The third kappa shape index (κ3) is 6.44. The van der Waals surface area contributed by atoms with Crippen molar-refractivity contribution in [2.45, 2.75) is 26.1 Å². The van der Waals surface area contributed by atoms with Gasteiger partial charge in [-0.1, -0.05) is 49.4 Å². The number of benzene rings is 3. The Morgan fingerprint density at radius 1 is 1.02 bits per heavy atom. The predicted molar refractivity (Wildman–Crippen MR) is 160 cm³/mol. The monoisotopic (exact) mass is 577 g/mol. The number of aromatic nitrogens is 1. The molecule has 6 nitrogen and oxygen atoms in total. The zero-order valence-corrected chi connectivity index (χ0v) is 23.4. The molecule has 2 heterocycles. The molecular weight excluding hydrogens is 546 g/mol. The highest BCUT2D eigenvalue weighted by Crippen LogP contribution is 2.30. The van der Waals surface area contributed by atoms with Crippen LogP contribution in [0.3, 0.4) is 0 Å². The fraction of sp³-hybridized carbons (Fsp3) is 0.281. The van der Waals surface area contributed by atoms with Gasteiger partial charge in [-0.2, -0.15) is 13.2 Å². The van der Waals surface area contributed by atoms with Crippen LogP contribution in [0, 0.1) is 5.82 Å². The number of alkyl halides is 3. The number of amidine groups is 1. The number of nitrogens with one attached hydrogen (secondary N) is 1. The average molecular weight is 578 g/mol. The highest BCUT2D eigenvalue weighted by Gasteiger charge is 2.30. The normalized spacial score (nSPS) is 13.4. The fourth-order valence-electron chi connectivity index (χ4n) is 4.98. The number of rotatable bonds is 10. The predicted octanol–water partition coefficient (Wildman–Crippen LogP) is 5.70. The van der Waals surface area contributed by atoms with Gasteiger partial charge >= 0.3 is 6.18 Å². The van der Waals surface area contributed by atoms with Gasteiger partial charge in [0.25, 0.3) is 0 Å². The van der Waals surface area contributed by atoms with Gasteiger partial charge in [0.05, 0.1) is 28.9 Å². The standard InChI is InChI=1S/C32H31F4N5O/c1-3-37-13-14-40(2)29-17-28-25(16-27(29)33)30(42)26(31-38-18-24(39-31)15-21-7-5-4-6-8-21)20-41(28)19-22-9-11-23(12-10-22)32(34,35)36/h4-12,16-17,20,37H,3,13-15,18-19H2,1-2H3. The summed E-state index contributed by atoms with van der Waals surface area (Å²) in [7, 11) is 1.77. The fourth-order valence-corrected chi connectivity index (χ4v) is 4.98. The first-order valence-electron chi connectivity index (χ1n) is 13.7. The van der Waals surface area contributed by atoms with Crippen LogP contribution in [-0.2, 0) is 19.1 Å². The van der Waals surface area contributed by atoms with E-state index in [-0.39, 0.29) is 23.3 Å². The molecule has 0 radical (unpaired) electrons. The lowest BCUT2D eigenvalue weighted by Gasteiger charge is -2.22. The van der Waals surface area contributed by atoms with Crippen molar-refractivity contribution in [2.24, 2.45) is 9.98 Å². The van der Waals surface area contributed by atoms with Gasteiger partial charge in [0.2, 0.25) is 5.43 Å². The van der Waals surface area contributed by atoms with E-state index in [9.17, 15) is 18.0 Å². The summed E-state index contributed by atoms with van der Waals surface area (Å²) in [5.74, 6) is -0.278. The third-order valence-corrected chi connectivity index (χ3v) is 7.24. The molecule has 1 aliphatic heterocycles. The summed E-state index contributed by atoms with van der Waals surface area (Å²) in [6, 6.07) is 17.5. The molecule has 0 unspecified atom stereocenters. The van der Waals surface area contributed by atoms with E-state index in [0.717, 1.165) is 30.0 Å². The van der Waals surface area contributed by atoms with Gasteiger partial charge in [-0.25, -0.2) is 9.38 Å². The summed E-state index contributed by atoms with van der Waals surface area (Å²) in [6.45, 7) is 4.44. The van der Waals surface area contributed by atoms with Crippen molar-refractivity contribution in [2.75, 3.05) is 38.1 Å². The molecule has 1 aliphatic rings. The molecule has 0 fully saturated rings. The van der Waals surface area contributed by atoms with Crippen molar-refractivity contribution in [3.8, 4) is 0 Å². The maximum Gasteiger partial charge on any atom is 0.416 e. The Labute approximate surface area is 241 Å². The van der Waals surface area contributed by atoms with Crippen molar-refractivity contribution in [1.82, 2.24) is 9.88 Å². The lowest BCUT2D eigenvalue weighted by molar-refractivity contribution is -0.137. The molecule has 42 heavy (non-hydrogen) atoms. The van der Waals surface area contributed by atoms with E-state index < -0.39 is 23.0 Å². The van der Waals surface area contributed by atoms with E-state index in [4.69, 9.17) is 0 Å². The maximum atomic E-state index is 15.4. The zero-order valence-electron chi connectivity index (χ0n) is 23.4. The number of likely N-dealkylation sites (N-methyl/N-ethyl adjacent to an activating group) is 2. The van der Waals surface area contributed by atoms with Crippen LogP contribution >= 0.6 is 0 Å². The van der Waals surface area contributed by atoms with Gasteiger partial charge in [0, 0.05) is 50.4 Å². The smallest absolute Gasteiger partial charge is 0.371 e. The second-order valence-electron chi connectivity index (χ2n) is 10.3. The molecule has 1 N–H and O–H groups in total. The Balaban J connectivity index is 1.57. The van der Waals surface area contributed by atoms with Gasteiger partial charge < -0.3 is 14.8 Å².